The van der Waals surface area contributed by atoms with Crippen molar-refractivity contribution in [2.24, 2.45) is 0 Å². The van der Waals surface area contributed by atoms with Gasteiger partial charge in [0.15, 0.2) is 0 Å². The number of hydrogen-bond donors (Lipinski definition) is 1. The van der Waals surface area contributed by atoms with Crippen LogP contribution in [-0.4, -0.2) is 23.6 Å². The second-order valence-corrected chi connectivity index (χ2v) is 4.92. The van der Waals surface area contributed by atoms with Crippen LogP contribution in [0.25, 0.3) is 0 Å². The first-order chi connectivity index (χ1) is 10.2. The van der Waals surface area contributed by atoms with Gasteiger partial charge in [-0.3, -0.25) is 0 Å². The van der Waals surface area contributed by atoms with Crippen molar-refractivity contribution in [3.63, 3.8) is 0 Å². The van der Waals surface area contributed by atoms with Gasteiger partial charge in [-0.2, -0.15) is 0 Å². The quantitative estimate of drug-likeness (QED) is 0.890. The second-order valence-electron chi connectivity index (χ2n) is 4.51. The molecule has 0 radical (unpaired) electrons. The highest BCUT2D eigenvalue weighted by Crippen LogP contribution is 2.26. The van der Waals surface area contributed by atoms with Crippen molar-refractivity contribution in [1.82, 2.24) is 15.3 Å². The van der Waals surface area contributed by atoms with E-state index in [1.54, 1.807) is 25.3 Å². The van der Waals surface area contributed by atoms with E-state index in [0.29, 0.717) is 24.4 Å². The molecule has 1 unspecified atom stereocenters. The molecule has 0 aliphatic heterocycles. The van der Waals surface area contributed by atoms with E-state index in [1.807, 2.05) is 6.92 Å². The lowest BCUT2D eigenvalue weighted by molar-refractivity contribution is 0.395. The van der Waals surface area contributed by atoms with Crippen LogP contribution in [0.15, 0.2) is 30.6 Å². The van der Waals surface area contributed by atoms with E-state index in [-0.39, 0.29) is 11.1 Å². The number of hydrogen-bond acceptors (Lipinski definition) is 4. The molecule has 1 aromatic heterocycles. The molecule has 1 aromatic carbocycles. The highest BCUT2D eigenvalue weighted by molar-refractivity contribution is 6.30. The summed E-state index contributed by atoms with van der Waals surface area (Å²) in [5.41, 5.74) is 1.30. The van der Waals surface area contributed by atoms with Crippen LogP contribution in [0.4, 0.5) is 4.39 Å². The van der Waals surface area contributed by atoms with E-state index in [9.17, 15) is 4.39 Å². The summed E-state index contributed by atoms with van der Waals surface area (Å²) in [5, 5.41) is 3.37. The van der Waals surface area contributed by atoms with Crippen LogP contribution < -0.4 is 10.1 Å². The fraction of sp³-hybridized carbons (Fsp3) is 0.333. The van der Waals surface area contributed by atoms with Gasteiger partial charge in [-0.1, -0.05) is 30.7 Å². The molecule has 0 spiro atoms. The normalized spacial score (nSPS) is 12.2. The van der Waals surface area contributed by atoms with Crippen LogP contribution in [-0.2, 0) is 6.42 Å². The van der Waals surface area contributed by atoms with Crippen molar-refractivity contribution < 1.29 is 9.13 Å². The minimum Gasteiger partial charge on any atom is -0.481 e. The molecule has 1 N–H and O–H groups in total. The van der Waals surface area contributed by atoms with Gasteiger partial charge in [-0.25, -0.2) is 14.4 Å². The number of ether oxygens (including phenoxy) is 1. The summed E-state index contributed by atoms with van der Waals surface area (Å²) in [6.45, 7) is 2.68. The van der Waals surface area contributed by atoms with Gasteiger partial charge in [0.2, 0.25) is 5.88 Å². The van der Waals surface area contributed by atoms with Crippen molar-refractivity contribution in [3.05, 3.63) is 52.7 Å². The summed E-state index contributed by atoms with van der Waals surface area (Å²) < 4.78 is 19.3. The molecular formula is C15H17ClFN3O. The number of likely N-dealkylation sites (N-methyl/N-ethyl adjacent to an activating group) is 1. The van der Waals surface area contributed by atoms with Crippen LogP contribution in [0, 0.1) is 5.82 Å². The van der Waals surface area contributed by atoms with E-state index < -0.39 is 5.82 Å². The largest absolute Gasteiger partial charge is 0.481 e. The van der Waals surface area contributed by atoms with E-state index in [0.717, 1.165) is 5.69 Å². The lowest BCUT2D eigenvalue weighted by atomic mass is 10.0. The first kappa shape index (κ1) is 15.7. The van der Waals surface area contributed by atoms with Gasteiger partial charge in [-0.05, 0) is 12.6 Å². The Hall–Kier alpha value is -1.72. The SMILES string of the molecule is CCNC(Cc1cc(OC)ncn1)c1cccc(Cl)c1F. The molecule has 0 amide bonds. The lowest BCUT2D eigenvalue weighted by Crippen LogP contribution is -2.24. The molecule has 1 heterocycles. The summed E-state index contributed by atoms with van der Waals surface area (Å²) in [5.74, 6) is 0.0907. The number of nitrogens with zero attached hydrogens (tertiary/aromatic N) is 2. The molecule has 0 aliphatic rings. The number of halogens is 2. The molecule has 0 saturated heterocycles. The van der Waals surface area contributed by atoms with Crippen molar-refractivity contribution in [2.75, 3.05) is 13.7 Å². The van der Waals surface area contributed by atoms with Crippen LogP contribution in [0.5, 0.6) is 5.88 Å². The molecule has 0 fully saturated rings. The number of aromatic nitrogens is 2. The molecule has 0 bridgehead atoms. The Balaban J connectivity index is 2.28. The van der Waals surface area contributed by atoms with Gasteiger partial charge >= 0.3 is 0 Å². The molecule has 2 rings (SSSR count). The highest BCUT2D eigenvalue weighted by Gasteiger charge is 2.18. The Labute approximate surface area is 128 Å². The molecular weight excluding hydrogens is 293 g/mol. The molecule has 2 aromatic rings. The van der Waals surface area contributed by atoms with Crippen molar-refractivity contribution in [1.29, 1.82) is 0 Å². The Morgan fingerprint density at radius 1 is 1.38 bits per heavy atom. The Morgan fingerprint density at radius 3 is 2.90 bits per heavy atom. The predicted octanol–water partition coefficient (Wildman–Crippen LogP) is 3.17. The molecule has 112 valence electrons. The van der Waals surface area contributed by atoms with Crippen molar-refractivity contribution in [3.8, 4) is 5.88 Å². The van der Waals surface area contributed by atoms with Crippen LogP contribution in [0.3, 0.4) is 0 Å². The average molecular weight is 310 g/mol. The Morgan fingerprint density at radius 2 is 2.19 bits per heavy atom. The zero-order valence-corrected chi connectivity index (χ0v) is 12.7. The summed E-state index contributed by atoms with van der Waals surface area (Å²) in [6, 6.07) is 6.54. The second kappa shape index (κ2) is 7.33. The first-order valence-electron chi connectivity index (χ1n) is 6.68. The predicted molar refractivity (Wildman–Crippen MR) is 80.1 cm³/mol. The monoisotopic (exact) mass is 309 g/mol. The fourth-order valence-corrected chi connectivity index (χ4v) is 2.32. The van der Waals surface area contributed by atoms with Gasteiger partial charge in [-0.15, -0.1) is 0 Å². The zero-order chi connectivity index (χ0) is 15.2. The minimum absolute atomic E-state index is 0.121. The Bertz CT molecular complexity index is 609. The Kier molecular flexibility index (Phi) is 5.47. The molecule has 6 heteroatoms. The van der Waals surface area contributed by atoms with Gasteiger partial charge in [0, 0.05) is 29.8 Å². The zero-order valence-electron chi connectivity index (χ0n) is 11.9. The molecule has 4 nitrogen and oxygen atoms in total. The molecule has 0 saturated carbocycles. The van der Waals surface area contributed by atoms with E-state index >= 15 is 0 Å². The topological polar surface area (TPSA) is 47.0 Å². The maximum absolute atomic E-state index is 14.2. The molecule has 1 atom stereocenters. The number of rotatable bonds is 6. The average Bonchev–Trinajstić information content (AvgIpc) is 2.50. The molecule has 0 aliphatic carbocycles. The van der Waals surface area contributed by atoms with Gasteiger partial charge < -0.3 is 10.1 Å². The standard InChI is InChI=1S/C15H17ClFN3O/c1-3-18-13(11-5-4-6-12(16)15(11)17)7-10-8-14(21-2)20-9-19-10/h4-6,8-9,13,18H,3,7H2,1-2H3. The third kappa shape index (κ3) is 3.89. The highest BCUT2D eigenvalue weighted by atomic mass is 35.5. The lowest BCUT2D eigenvalue weighted by Gasteiger charge is -2.19. The first-order valence-corrected chi connectivity index (χ1v) is 7.05. The van der Waals surface area contributed by atoms with Crippen molar-refractivity contribution >= 4 is 11.6 Å². The van der Waals surface area contributed by atoms with Crippen molar-refractivity contribution in [2.45, 2.75) is 19.4 Å². The third-order valence-electron chi connectivity index (χ3n) is 3.13. The minimum atomic E-state index is -0.397. The van der Waals surface area contributed by atoms with E-state index in [2.05, 4.69) is 15.3 Å². The number of benzene rings is 1. The maximum Gasteiger partial charge on any atom is 0.216 e. The molecule has 21 heavy (non-hydrogen) atoms. The summed E-state index contributed by atoms with van der Waals surface area (Å²) in [7, 11) is 1.55. The van der Waals surface area contributed by atoms with Crippen LogP contribution >= 0.6 is 11.6 Å². The smallest absolute Gasteiger partial charge is 0.216 e. The fourth-order valence-electron chi connectivity index (χ4n) is 2.14. The maximum atomic E-state index is 14.2. The van der Waals surface area contributed by atoms with E-state index in [4.69, 9.17) is 16.3 Å². The number of nitrogens with one attached hydrogen (secondary N) is 1. The van der Waals surface area contributed by atoms with E-state index in [1.165, 1.54) is 12.4 Å². The summed E-state index contributed by atoms with van der Waals surface area (Å²) >= 11 is 5.86. The summed E-state index contributed by atoms with van der Waals surface area (Å²) in [6.07, 6.45) is 1.95. The van der Waals surface area contributed by atoms with Gasteiger partial charge in [0.05, 0.1) is 12.1 Å². The summed E-state index contributed by atoms with van der Waals surface area (Å²) in [4.78, 5) is 8.17. The van der Waals surface area contributed by atoms with Crippen LogP contribution in [0.1, 0.15) is 24.2 Å². The van der Waals surface area contributed by atoms with Crippen LogP contribution in [0.2, 0.25) is 5.02 Å². The van der Waals surface area contributed by atoms with Gasteiger partial charge in [0.25, 0.3) is 0 Å². The third-order valence-corrected chi connectivity index (χ3v) is 3.42. The van der Waals surface area contributed by atoms with Gasteiger partial charge in [0.1, 0.15) is 12.1 Å². The number of methoxy groups -OCH3 is 1.